The molecule has 0 N–H and O–H groups in total. The van der Waals surface area contributed by atoms with Crippen molar-refractivity contribution in [1.29, 1.82) is 0 Å². The van der Waals surface area contributed by atoms with Gasteiger partial charge in [0.25, 0.3) is 0 Å². The van der Waals surface area contributed by atoms with Crippen LogP contribution >= 0.6 is 0 Å². The molecule has 0 atom stereocenters. The zero-order valence-electron chi connectivity index (χ0n) is 10.6. The maximum atomic E-state index is 10.9. The van der Waals surface area contributed by atoms with E-state index in [4.69, 9.17) is 0 Å². The molecule has 2 heteroatoms. The molecule has 2 aliphatic rings. The Bertz CT molecular complexity index is 217. The first-order valence-electron chi connectivity index (χ1n) is 6.96. The molecule has 2 aliphatic carbocycles. The smallest absolute Gasteiger partial charge is 0.129 e. The molecule has 2 fully saturated rings. The van der Waals surface area contributed by atoms with Crippen LogP contribution in [0, 0.1) is 11.8 Å². The SMILES string of the molecule is CC(=O)CCCCN(CC1CC1)CC1CC1. The highest BCUT2D eigenvalue weighted by Crippen LogP contribution is 2.33. The molecular weight excluding hydrogens is 198 g/mol. The summed E-state index contributed by atoms with van der Waals surface area (Å²) in [7, 11) is 0. The lowest BCUT2D eigenvalue weighted by Crippen LogP contribution is -2.29. The minimum Gasteiger partial charge on any atom is -0.303 e. The van der Waals surface area contributed by atoms with Gasteiger partial charge < -0.3 is 9.69 Å². The van der Waals surface area contributed by atoms with Crippen LogP contribution in [0.3, 0.4) is 0 Å². The Hall–Kier alpha value is -0.370. The summed E-state index contributed by atoms with van der Waals surface area (Å²) < 4.78 is 0. The van der Waals surface area contributed by atoms with Gasteiger partial charge in [-0.15, -0.1) is 0 Å². The van der Waals surface area contributed by atoms with Gasteiger partial charge in [-0.1, -0.05) is 0 Å². The summed E-state index contributed by atoms with van der Waals surface area (Å²) in [5, 5.41) is 0. The van der Waals surface area contributed by atoms with Gasteiger partial charge in [0.1, 0.15) is 5.78 Å². The van der Waals surface area contributed by atoms with Crippen LogP contribution in [0.15, 0.2) is 0 Å². The lowest BCUT2D eigenvalue weighted by molar-refractivity contribution is -0.117. The van der Waals surface area contributed by atoms with Gasteiger partial charge in [-0.2, -0.15) is 0 Å². The second-order valence-electron chi connectivity index (χ2n) is 5.81. The van der Waals surface area contributed by atoms with Crippen LogP contribution in [0.25, 0.3) is 0 Å². The average Bonchev–Trinajstić information content (AvgIpc) is 3.06. The van der Waals surface area contributed by atoms with Crippen molar-refractivity contribution in [2.24, 2.45) is 11.8 Å². The van der Waals surface area contributed by atoms with Crippen LogP contribution in [0.4, 0.5) is 0 Å². The Labute approximate surface area is 99.4 Å². The minimum absolute atomic E-state index is 0.343. The molecule has 2 saturated carbocycles. The third-order valence-electron chi connectivity index (χ3n) is 3.68. The van der Waals surface area contributed by atoms with Crippen molar-refractivity contribution in [1.82, 2.24) is 4.90 Å². The van der Waals surface area contributed by atoms with Gasteiger partial charge in [0.2, 0.25) is 0 Å². The summed E-state index contributed by atoms with van der Waals surface area (Å²) in [6.07, 6.45) is 8.88. The number of unbranched alkanes of at least 4 members (excludes halogenated alkanes) is 1. The number of carbonyl (C=O) groups is 1. The molecule has 0 radical (unpaired) electrons. The van der Waals surface area contributed by atoms with E-state index in [-0.39, 0.29) is 0 Å². The van der Waals surface area contributed by atoms with Gasteiger partial charge in [0.05, 0.1) is 0 Å². The molecule has 0 saturated heterocycles. The average molecular weight is 223 g/mol. The van der Waals surface area contributed by atoms with Crippen LogP contribution in [0.1, 0.15) is 51.9 Å². The highest BCUT2D eigenvalue weighted by atomic mass is 16.1. The Morgan fingerprint density at radius 1 is 1.06 bits per heavy atom. The Kier molecular flexibility index (Phi) is 4.39. The fourth-order valence-electron chi connectivity index (χ4n) is 2.30. The third kappa shape index (κ3) is 5.11. The second kappa shape index (κ2) is 5.81. The van der Waals surface area contributed by atoms with Crippen LogP contribution in [0.2, 0.25) is 0 Å². The standard InChI is InChI=1S/C14H25NO/c1-12(16)4-2-3-9-15(10-13-5-6-13)11-14-7-8-14/h13-14H,2-11H2,1H3. The van der Waals surface area contributed by atoms with Gasteiger partial charge in [0.15, 0.2) is 0 Å². The molecule has 2 nitrogen and oxygen atoms in total. The highest BCUT2D eigenvalue weighted by Gasteiger charge is 2.28. The van der Waals surface area contributed by atoms with Crippen molar-refractivity contribution in [3.63, 3.8) is 0 Å². The summed E-state index contributed by atoms with van der Waals surface area (Å²) in [6, 6.07) is 0. The predicted molar refractivity (Wildman–Crippen MR) is 66.4 cm³/mol. The molecule has 0 amide bonds. The van der Waals surface area contributed by atoms with Crippen LogP contribution in [0.5, 0.6) is 0 Å². The first kappa shape index (κ1) is 12.1. The molecule has 0 heterocycles. The van der Waals surface area contributed by atoms with Crippen LogP contribution in [-0.4, -0.2) is 30.3 Å². The zero-order chi connectivity index (χ0) is 11.4. The Morgan fingerprint density at radius 2 is 1.62 bits per heavy atom. The van der Waals surface area contributed by atoms with Crippen LogP contribution in [-0.2, 0) is 4.79 Å². The normalized spacial score (nSPS) is 20.4. The van der Waals surface area contributed by atoms with E-state index in [1.165, 1.54) is 51.7 Å². The van der Waals surface area contributed by atoms with Crippen molar-refractivity contribution in [3.05, 3.63) is 0 Å². The number of ketones is 1. The van der Waals surface area contributed by atoms with Gasteiger partial charge >= 0.3 is 0 Å². The van der Waals surface area contributed by atoms with E-state index in [0.717, 1.165) is 24.7 Å². The topological polar surface area (TPSA) is 20.3 Å². The van der Waals surface area contributed by atoms with Crippen molar-refractivity contribution in [2.45, 2.75) is 51.9 Å². The molecule has 0 bridgehead atoms. The van der Waals surface area contributed by atoms with E-state index in [1.54, 1.807) is 6.92 Å². The summed E-state index contributed by atoms with van der Waals surface area (Å²) in [5.74, 6) is 2.36. The molecule has 0 aliphatic heterocycles. The number of carbonyl (C=O) groups excluding carboxylic acids is 1. The van der Waals surface area contributed by atoms with Gasteiger partial charge in [-0.05, 0) is 63.8 Å². The predicted octanol–water partition coefficient (Wildman–Crippen LogP) is 2.87. The molecule has 0 aromatic carbocycles. The number of nitrogens with zero attached hydrogens (tertiary/aromatic N) is 1. The van der Waals surface area contributed by atoms with Crippen molar-refractivity contribution < 1.29 is 4.79 Å². The first-order chi connectivity index (χ1) is 7.74. The van der Waals surface area contributed by atoms with Crippen molar-refractivity contribution >= 4 is 5.78 Å². The summed E-state index contributed by atoms with van der Waals surface area (Å²) >= 11 is 0. The Balaban J connectivity index is 1.58. The van der Waals surface area contributed by atoms with Gasteiger partial charge in [-0.3, -0.25) is 0 Å². The number of hydrogen-bond acceptors (Lipinski definition) is 2. The highest BCUT2D eigenvalue weighted by molar-refractivity contribution is 5.75. The molecule has 0 spiro atoms. The van der Waals surface area contributed by atoms with Crippen molar-refractivity contribution in [2.75, 3.05) is 19.6 Å². The molecule has 0 aromatic rings. The summed E-state index contributed by atoms with van der Waals surface area (Å²) in [6.45, 7) is 5.58. The number of rotatable bonds is 9. The minimum atomic E-state index is 0.343. The van der Waals surface area contributed by atoms with E-state index < -0.39 is 0 Å². The summed E-state index contributed by atoms with van der Waals surface area (Å²) in [4.78, 5) is 13.5. The van der Waals surface area contributed by atoms with E-state index in [2.05, 4.69) is 4.90 Å². The lowest BCUT2D eigenvalue weighted by atomic mass is 10.2. The van der Waals surface area contributed by atoms with Crippen molar-refractivity contribution in [3.8, 4) is 0 Å². The van der Waals surface area contributed by atoms with E-state index in [1.807, 2.05) is 0 Å². The molecular formula is C14H25NO. The molecule has 16 heavy (non-hydrogen) atoms. The maximum absolute atomic E-state index is 10.9. The molecule has 92 valence electrons. The second-order valence-corrected chi connectivity index (χ2v) is 5.81. The zero-order valence-corrected chi connectivity index (χ0v) is 10.6. The largest absolute Gasteiger partial charge is 0.303 e. The fourth-order valence-corrected chi connectivity index (χ4v) is 2.30. The molecule has 2 rings (SSSR count). The fraction of sp³-hybridized carbons (Fsp3) is 0.929. The maximum Gasteiger partial charge on any atom is 0.129 e. The quantitative estimate of drug-likeness (QED) is 0.560. The van der Waals surface area contributed by atoms with E-state index >= 15 is 0 Å². The lowest BCUT2D eigenvalue weighted by Gasteiger charge is -2.21. The number of Topliss-reactive ketones (excluding diaryl/α,β-unsaturated/α-hetero) is 1. The Morgan fingerprint density at radius 3 is 2.06 bits per heavy atom. The first-order valence-corrected chi connectivity index (χ1v) is 6.96. The monoisotopic (exact) mass is 223 g/mol. The summed E-state index contributed by atoms with van der Waals surface area (Å²) in [5.41, 5.74) is 0. The molecule has 0 aromatic heterocycles. The van der Waals surface area contributed by atoms with Crippen LogP contribution < -0.4 is 0 Å². The molecule has 0 unspecified atom stereocenters. The third-order valence-corrected chi connectivity index (χ3v) is 3.68. The van der Waals surface area contributed by atoms with E-state index in [0.29, 0.717) is 5.78 Å². The van der Waals surface area contributed by atoms with E-state index in [9.17, 15) is 4.79 Å². The van der Waals surface area contributed by atoms with Gasteiger partial charge in [0, 0.05) is 19.5 Å². The van der Waals surface area contributed by atoms with Gasteiger partial charge in [-0.25, -0.2) is 0 Å². The number of hydrogen-bond donors (Lipinski definition) is 0.